The van der Waals surface area contributed by atoms with Gasteiger partial charge in [-0.1, -0.05) is 18.5 Å². The highest BCUT2D eigenvalue weighted by Gasteiger charge is 2.10. The molecule has 0 aliphatic carbocycles. The third kappa shape index (κ3) is 2.79. The Bertz CT molecular complexity index is 522. The fourth-order valence-electron chi connectivity index (χ4n) is 1.22. The Hall–Kier alpha value is -1.95. The zero-order valence-electron chi connectivity index (χ0n) is 9.07. The Kier molecular flexibility index (Phi) is 3.34. The lowest BCUT2D eigenvalue weighted by Gasteiger charge is -1.99. The van der Waals surface area contributed by atoms with E-state index in [-0.39, 0.29) is 16.8 Å². The normalized spacial score (nSPS) is 10.2. The maximum Gasteiger partial charge on any atom is 0.277 e. The summed E-state index contributed by atoms with van der Waals surface area (Å²) in [7, 11) is 0. The Morgan fingerprint density at radius 2 is 2.29 bits per heavy atom. The van der Waals surface area contributed by atoms with Crippen LogP contribution in [0.25, 0.3) is 0 Å². The second-order valence-corrected chi connectivity index (χ2v) is 3.71. The molecule has 6 nitrogen and oxygen atoms in total. The number of anilines is 1. The number of amides is 1. The highest BCUT2D eigenvalue weighted by Crippen LogP contribution is 2.08. The van der Waals surface area contributed by atoms with Gasteiger partial charge >= 0.3 is 0 Å². The molecule has 2 heterocycles. The first-order valence-corrected chi connectivity index (χ1v) is 5.41. The van der Waals surface area contributed by atoms with Gasteiger partial charge in [-0.05, 0) is 18.6 Å². The molecule has 0 unspecified atom stereocenters. The van der Waals surface area contributed by atoms with Gasteiger partial charge in [-0.2, -0.15) is 5.10 Å². The van der Waals surface area contributed by atoms with E-state index in [1.165, 1.54) is 12.1 Å². The first kappa shape index (κ1) is 11.5. The van der Waals surface area contributed by atoms with Gasteiger partial charge in [-0.3, -0.25) is 9.89 Å². The van der Waals surface area contributed by atoms with Crippen molar-refractivity contribution in [3.8, 4) is 0 Å². The van der Waals surface area contributed by atoms with E-state index in [1.54, 1.807) is 6.07 Å². The van der Waals surface area contributed by atoms with E-state index in [1.807, 2.05) is 6.92 Å². The van der Waals surface area contributed by atoms with Crippen molar-refractivity contribution < 1.29 is 4.79 Å². The summed E-state index contributed by atoms with van der Waals surface area (Å²) in [6, 6.07) is 4.77. The minimum Gasteiger partial charge on any atom is -0.304 e. The van der Waals surface area contributed by atoms with Crippen LogP contribution in [-0.2, 0) is 6.42 Å². The molecule has 88 valence electrons. The molecule has 2 aromatic rings. The third-order valence-electron chi connectivity index (χ3n) is 2.12. The number of rotatable bonds is 3. The summed E-state index contributed by atoms with van der Waals surface area (Å²) < 4.78 is 0. The second-order valence-electron chi connectivity index (χ2n) is 3.33. The minimum absolute atomic E-state index is 0.190. The second kappa shape index (κ2) is 4.92. The number of carbonyl (C=O) groups excluding carboxylic acids is 1. The van der Waals surface area contributed by atoms with Crippen molar-refractivity contribution in [1.82, 2.24) is 20.4 Å². The highest BCUT2D eigenvalue weighted by molar-refractivity contribution is 6.29. The number of H-pyrrole nitrogens is 1. The lowest BCUT2D eigenvalue weighted by molar-refractivity contribution is 0.102. The van der Waals surface area contributed by atoms with Crippen LogP contribution >= 0.6 is 11.6 Å². The standard InChI is InChI=1S/C10H10ClN5O/c1-2-6-5-9(16-13-6)12-10(17)7-3-4-8(11)15-14-7/h3-5H,2H2,1H3,(H2,12,13,16,17). The molecular formula is C10H10ClN5O. The number of aryl methyl sites for hydroxylation is 1. The van der Waals surface area contributed by atoms with Crippen LogP contribution in [0.3, 0.4) is 0 Å². The van der Waals surface area contributed by atoms with Crippen LogP contribution in [0.5, 0.6) is 0 Å². The van der Waals surface area contributed by atoms with E-state index < -0.39 is 0 Å². The molecule has 7 heteroatoms. The third-order valence-corrected chi connectivity index (χ3v) is 2.32. The van der Waals surface area contributed by atoms with Gasteiger partial charge in [0, 0.05) is 11.8 Å². The van der Waals surface area contributed by atoms with E-state index in [0.29, 0.717) is 5.82 Å². The van der Waals surface area contributed by atoms with Gasteiger partial charge in [-0.15, -0.1) is 10.2 Å². The number of aromatic nitrogens is 4. The molecule has 0 spiro atoms. The SMILES string of the molecule is CCc1cc(NC(=O)c2ccc(Cl)nn2)n[nH]1. The predicted molar refractivity (Wildman–Crippen MR) is 63.0 cm³/mol. The summed E-state index contributed by atoms with van der Waals surface area (Å²) in [5.41, 5.74) is 1.14. The molecule has 0 aliphatic heterocycles. The van der Waals surface area contributed by atoms with Gasteiger partial charge in [0.25, 0.3) is 5.91 Å². The summed E-state index contributed by atoms with van der Waals surface area (Å²) >= 11 is 5.58. The van der Waals surface area contributed by atoms with Crippen molar-refractivity contribution >= 4 is 23.3 Å². The number of hydrogen-bond donors (Lipinski definition) is 2. The van der Waals surface area contributed by atoms with E-state index in [9.17, 15) is 4.79 Å². The maximum absolute atomic E-state index is 11.7. The molecule has 0 aromatic carbocycles. The predicted octanol–water partition coefficient (Wildman–Crippen LogP) is 1.67. The van der Waals surface area contributed by atoms with Gasteiger partial charge in [-0.25, -0.2) is 0 Å². The van der Waals surface area contributed by atoms with E-state index in [4.69, 9.17) is 11.6 Å². The van der Waals surface area contributed by atoms with Crippen LogP contribution in [0.15, 0.2) is 18.2 Å². The molecule has 17 heavy (non-hydrogen) atoms. The highest BCUT2D eigenvalue weighted by atomic mass is 35.5. The van der Waals surface area contributed by atoms with Crippen molar-refractivity contribution in [3.05, 3.63) is 34.7 Å². The molecule has 0 fully saturated rings. The minimum atomic E-state index is -0.372. The zero-order chi connectivity index (χ0) is 12.3. The molecule has 2 N–H and O–H groups in total. The number of nitrogens with one attached hydrogen (secondary N) is 2. The lowest BCUT2D eigenvalue weighted by atomic mass is 10.3. The average Bonchev–Trinajstić information content (AvgIpc) is 2.77. The van der Waals surface area contributed by atoms with Crippen molar-refractivity contribution in [2.45, 2.75) is 13.3 Å². The molecule has 2 aromatic heterocycles. The van der Waals surface area contributed by atoms with Crippen LogP contribution in [0.1, 0.15) is 23.1 Å². The summed E-state index contributed by atoms with van der Waals surface area (Å²) in [6.07, 6.45) is 0.823. The van der Waals surface area contributed by atoms with E-state index in [0.717, 1.165) is 12.1 Å². The molecule has 0 radical (unpaired) electrons. The Morgan fingerprint density at radius 3 is 2.88 bits per heavy atom. The zero-order valence-corrected chi connectivity index (χ0v) is 9.82. The van der Waals surface area contributed by atoms with Gasteiger partial charge < -0.3 is 5.32 Å². The molecule has 0 atom stereocenters. The molecule has 1 amide bonds. The number of halogens is 1. The van der Waals surface area contributed by atoms with Crippen molar-refractivity contribution in [2.24, 2.45) is 0 Å². The van der Waals surface area contributed by atoms with Crippen molar-refractivity contribution in [1.29, 1.82) is 0 Å². The number of hydrogen-bond acceptors (Lipinski definition) is 4. The summed E-state index contributed by atoms with van der Waals surface area (Å²) in [4.78, 5) is 11.7. The lowest BCUT2D eigenvalue weighted by Crippen LogP contribution is -2.14. The van der Waals surface area contributed by atoms with Crippen molar-refractivity contribution in [2.75, 3.05) is 5.32 Å². The largest absolute Gasteiger partial charge is 0.304 e. The monoisotopic (exact) mass is 251 g/mol. The fraction of sp³-hybridized carbons (Fsp3) is 0.200. The summed E-state index contributed by atoms with van der Waals surface area (Å²) in [5.74, 6) is 0.0897. The van der Waals surface area contributed by atoms with Crippen LogP contribution in [0, 0.1) is 0 Å². The first-order valence-electron chi connectivity index (χ1n) is 5.04. The Balaban J connectivity index is 2.08. The van der Waals surface area contributed by atoms with Gasteiger partial charge in [0.1, 0.15) is 0 Å². The van der Waals surface area contributed by atoms with Crippen LogP contribution in [-0.4, -0.2) is 26.3 Å². The smallest absolute Gasteiger partial charge is 0.277 e. The molecule has 0 aliphatic rings. The molecule has 0 saturated heterocycles. The van der Waals surface area contributed by atoms with Crippen LogP contribution in [0.2, 0.25) is 5.15 Å². The molecule has 0 bridgehead atoms. The number of nitrogens with zero attached hydrogens (tertiary/aromatic N) is 3. The molecule has 0 saturated carbocycles. The summed E-state index contributed by atoms with van der Waals surface area (Å²) in [6.45, 7) is 1.99. The van der Waals surface area contributed by atoms with Crippen molar-refractivity contribution in [3.63, 3.8) is 0 Å². The van der Waals surface area contributed by atoms with Gasteiger partial charge in [0.2, 0.25) is 0 Å². The number of carbonyl (C=O) groups is 1. The van der Waals surface area contributed by atoms with Gasteiger partial charge in [0.05, 0.1) is 0 Å². The van der Waals surface area contributed by atoms with Gasteiger partial charge in [0.15, 0.2) is 16.7 Å². The van der Waals surface area contributed by atoms with E-state index >= 15 is 0 Å². The number of aromatic amines is 1. The molecule has 2 rings (SSSR count). The topological polar surface area (TPSA) is 83.6 Å². The molecular weight excluding hydrogens is 242 g/mol. The maximum atomic E-state index is 11.7. The first-order chi connectivity index (χ1) is 8.19. The quantitative estimate of drug-likeness (QED) is 0.869. The Labute approximate surface area is 102 Å². The fourth-order valence-corrected chi connectivity index (χ4v) is 1.33. The summed E-state index contributed by atoms with van der Waals surface area (Å²) in [5, 5.41) is 16.8. The van der Waals surface area contributed by atoms with E-state index in [2.05, 4.69) is 25.7 Å². The Morgan fingerprint density at radius 1 is 1.47 bits per heavy atom. The van der Waals surface area contributed by atoms with Crippen LogP contribution < -0.4 is 5.32 Å². The average molecular weight is 252 g/mol. The van der Waals surface area contributed by atoms with Crippen LogP contribution in [0.4, 0.5) is 5.82 Å².